The Labute approximate surface area is 158 Å². The zero-order valence-corrected chi connectivity index (χ0v) is 16.1. The number of aromatic nitrogens is 5. The molecule has 0 aliphatic carbocycles. The summed E-state index contributed by atoms with van der Waals surface area (Å²) in [5.41, 5.74) is 6.12. The van der Waals surface area contributed by atoms with Crippen molar-refractivity contribution in [1.29, 1.82) is 0 Å². The van der Waals surface area contributed by atoms with Crippen LogP contribution in [0.4, 0.5) is 0 Å². The largest absolute Gasteiger partial charge is 0.330 e. The van der Waals surface area contributed by atoms with E-state index in [1.54, 1.807) is 11.3 Å². The first-order chi connectivity index (χ1) is 12.7. The number of hydrogen-bond acceptors (Lipinski definition) is 6. The highest BCUT2D eigenvalue weighted by Gasteiger charge is 2.21. The molecule has 0 amide bonds. The van der Waals surface area contributed by atoms with Gasteiger partial charge in [-0.15, -0.1) is 11.3 Å². The average Bonchev–Trinajstić information content (AvgIpc) is 3.28. The second-order valence-corrected chi connectivity index (χ2v) is 7.77. The molecule has 0 bridgehead atoms. The predicted octanol–water partition coefficient (Wildman–Crippen LogP) is 3.10. The lowest BCUT2D eigenvalue weighted by molar-refractivity contribution is 0.175. The van der Waals surface area contributed by atoms with Gasteiger partial charge in [0.1, 0.15) is 11.5 Å². The molecule has 0 aromatic carbocycles. The van der Waals surface area contributed by atoms with Crippen LogP contribution in [0.25, 0.3) is 11.4 Å². The summed E-state index contributed by atoms with van der Waals surface area (Å²) in [4.78, 5) is 20.5. The zero-order chi connectivity index (χ0) is 17.9. The summed E-state index contributed by atoms with van der Waals surface area (Å²) in [7, 11) is 2.02. The number of nitrogens with zero attached hydrogens (tertiary/aromatic N) is 6. The smallest absolute Gasteiger partial charge is 0.107 e. The Bertz CT molecular complexity index is 849. The van der Waals surface area contributed by atoms with Crippen molar-refractivity contribution >= 4 is 11.3 Å². The van der Waals surface area contributed by atoms with E-state index in [1.807, 2.05) is 38.1 Å². The first-order valence-corrected chi connectivity index (χ1v) is 10.0. The fourth-order valence-corrected chi connectivity index (χ4v) is 4.11. The molecule has 0 radical (unpaired) electrons. The Hall–Kier alpha value is -2.12. The van der Waals surface area contributed by atoms with Crippen molar-refractivity contribution in [1.82, 2.24) is 29.4 Å². The molecule has 0 N–H and O–H groups in total. The van der Waals surface area contributed by atoms with E-state index < -0.39 is 0 Å². The number of rotatable bonds is 5. The van der Waals surface area contributed by atoms with Crippen LogP contribution < -0.4 is 0 Å². The molecular formula is C19H24N6S. The number of thiazole rings is 1. The van der Waals surface area contributed by atoms with E-state index in [-0.39, 0.29) is 0 Å². The Kier molecular flexibility index (Phi) is 5.08. The van der Waals surface area contributed by atoms with E-state index in [4.69, 9.17) is 4.98 Å². The number of likely N-dealkylation sites (tertiary alicyclic amines) is 1. The number of piperidine rings is 1. The summed E-state index contributed by atoms with van der Waals surface area (Å²) in [5.74, 6) is 1.67. The van der Waals surface area contributed by atoms with Crippen molar-refractivity contribution in [2.45, 2.75) is 32.7 Å². The van der Waals surface area contributed by atoms with Gasteiger partial charge in [-0.3, -0.25) is 9.88 Å². The van der Waals surface area contributed by atoms with E-state index in [1.165, 1.54) is 18.5 Å². The van der Waals surface area contributed by atoms with Gasteiger partial charge in [-0.05, 0) is 45.2 Å². The third-order valence-corrected chi connectivity index (χ3v) is 5.88. The van der Waals surface area contributed by atoms with Gasteiger partial charge in [0.15, 0.2) is 0 Å². The molecule has 0 unspecified atom stereocenters. The number of hydrogen-bond donors (Lipinski definition) is 0. The molecule has 3 aromatic rings. The lowest BCUT2D eigenvalue weighted by atomic mass is 9.92. The van der Waals surface area contributed by atoms with Crippen molar-refractivity contribution in [2.75, 3.05) is 13.1 Å². The van der Waals surface area contributed by atoms with Crippen LogP contribution in [0.3, 0.4) is 0 Å². The maximum atomic E-state index is 4.85. The van der Waals surface area contributed by atoms with Crippen LogP contribution in [-0.4, -0.2) is 42.5 Å². The summed E-state index contributed by atoms with van der Waals surface area (Å²) in [6.45, 7) is 5.25. The summed E-state index contributed by atoms with van der Waals surface area (Å²) in [6, 6.07) is 0. The van der Waals surface area contributed by atoms with Crippen LogP contribution in [-0.2, 0) is 20.0 Å². The molecule has 6 nitrogen and oxygen atoms in total. The molecule has 26 heavy (non-hydrogen) atoms. The Morgan fingerprint density at radius 2 is 1.96 bits per heavy atom. The van der Waals surface area contributed by atoms with Crippen molar-refractivity contribution in [3.05, 3.63) is 46.7 Å². The monoisotopic (exact) mass is 368 g/mol. The van der Waals surface area contributed by atoms with Gasteiger partial charge in [0.25, 0.3) is 0 Å². The molecule has 1 aliphatic rings. The molecule has 4 rings (SSSR count). The Morgan fingerprint density at radius 1 is 1.12 bits per heavy atom. The van der Waals surface area contributed by atoms with Crippen molar-refractivity contribution in [3.63, 3.8) is 0 Å². The third kappa shape index (κ3) is 3.83. The zero-order valence-electron chi connectivity index (χ0n) is 15.3. The summed E-state index contributed by atoms with van der Waals surface area (Å²) in [5, 5.41) is 2.15. The van der Waals surface area contributed by atoms with Gasteiger partial charge < -0.3 is 4.57 Å². The first-order valence-electron chi connectivity index (χ1n) is 9.08. The van der Waals surface area contributed by atoms with Crippen molar-refractivity contribution < 1.29 is 0 Å². The van der Waals surface area contributed by atoms with Crippen molar-refractivity contribution in [3.8, 4) is 11.4 Å². The first kappa shape index (κ1) is 17.3. The van der Waals surface area contributed by atoms with Crippen LogP contribution in [0, 0.1) is 12.8 Å². The van der Waals surface area contributed by atoms with E-state index in [2.05, 4.69) is 29.8 Å². The molecule has 3 aromatic heterocycles. The molecule has 1 saturated heterocycles. The minimum Gasteiger partial charge on any atom is -0.330 e. The van der Waals surface area contributed by atoms with Gasteiger partial charge in [-0.2, -0.15) is 0 Å². The summed E-state index contributed by atoms with van der Waals surface area (Å²) in [6.07, 6.45) is 9.04. The van der Waals surface area contributed by atoms with Gasteiger partial charge in [0.05, 0.1) is 35.0 Å². The lowest BCUT2D eigenvalue weighted by Gasteiger charge is -2.31. The van der Waals surface area contributed by atoms with E-state index >= 15 is 0 Å². The lowest BCUT2D eigenvalue weighted by Crippen LogP contribution is -2.34. The van der Waals surface area contributed by atoms with E-state index in [0.717, 1.165) is 49.0 Å². The maximum absolute atomic E-state index is 4.85. The van der Waals surface area contributed by atoms with Crippen LogP contribution >= 0.6 is 11.3 Å². The summed E-state index contributed by atoms with van der Waals surface area (Å²) >= 11 is 1.67. The molecule has 0 saturated carbocycles. The Balaban J connectivity index is 1.36. The van der Waals surface area contributed by atoms with Crippen molar-refractivity contribution in [2.24, 2.45) is 13.0 Å². The Morgan fingerprint density at radius 3 is 2.65 bits per heavy atom. The van der Waals surface area contributed by atoms with Gasteiger partial charge in [-0.25, -0.2) is 15.0 Å². The second-order valence-electron chi connectivity index (χ2n) is 7.05. The number of aryl methyl sites for hydroxylation is 1. The average molecular weight is 369 g/mol. The third-order valence-electron chi connectivity index (χ3n) is 5.24. The van der Waals surface area contributed by atoms with E-state index in [9.17, 15) is 0 Å². The fourth-order valence-electron chi connectivity index (χ4n) is 3.56. The minimum atomic E-state index is 0.680. The molecule has 0 spiro atoms. The van der Waals surface area contributed by atoms with Gasteiger partial charge in [0, 0.05) is 25.2 Å². The van der Waals surface area contributed by atoms with E-state index in [0.29, 0.717) is 5.92 Å². The molecule has 1 aliphatic heterocycles. The SMILES string of the molecule is Cc1ncc(-c2cncc(CC3CCN(Cc4cscn4)CC3)n2)n1C. The fraction of sp³-hybridized carbons (Fsp3) is 0.474. The van der Waals surface area contributed by atoms with Gasteiger partial charge in [-0.1, -0.05) is 0 Å². The van der Waals surface area contributed by atoms with Crippen LogP contribution in [0.15, 0.2) is 29.5 Å². The van der Waals surface area contributed by atoms with Crippen LogP contribution in [0.1, 0.15) is 30.1 Å². The normalized spacial score (nSPS) is 16.2. The highest BCUT2D eigenvalue weighted by Crippen LogP contribution is 2.23. The predicted molar refractivity (Wildman–Crippen MR) is 103 cm³/mol. The second kappa shape index (κ2) is 7.63. The quantitative estimate of drug-likeness (QED) is 0.693. The standard InChI is InChI=1S/C19H24N6S/c1-14-21-10-19(24(14)2)18-9-20-8-16(23-18)7-15-3-5-25(6-4-15)11-17-12-26-13-22-17/h8-10,12-13,15H,3-7,11H2,1-2H3. The van der Waals surface area contributed by atoms with Crippen LogP contribution in [0.5, 0.6) is 0 Å². The topological polar surface area (TPSA) is 59.7 Å². The maximum Gasteiger partial charge on any atom is 0.107 e. The molecule has 1 fully saturated rings. The van der Waals surface area contributed by atoms with Gasteiger partial charge >= 0.3 is 0 Å². The molecular weight excluding hydrogens is 344 g/mol. The molecule has 4 heterocycles. The molecule has 136 valence electrons. The summed E-state index contributed by atoms with van der Waals surface area (Å²) < 4.78 is 2.06. The van der Waals surface area contributed by atoms with Crippen LogP contribution in [0.2, 0.25) is 0 Å². The number of imidazole rings is 1. The highest BCUT2D eigenvalue weighted by molar-refractivity contribution is 7.07. The highest BCUT2D eigenvalue weighted by atomic mass is 32.1. The van der Waals surface area contributed by atoms with Gasteiger partial charge in [0.2, 0.25) is 0 Å². The minimum absolute atomic E-state index is 0.680. The molecule has 0 atom stereocenters. The molecule has 7 heteroatoms.